The lowest BCUT2D eigenvalue weighted by molar-refractivity contribution is -0.142. The first-order valence-corrected chi connectivity index (χ1v) is 13.6. The Morgan fingerprint density at radius 3 is 2.67 bits per heavy atom. The molecular formula is C29H33ClN2O3S. The van der Waals surface area contributed by atoms with E-state index in [-0.39, 0.29) is 36.7 Å². The number of carbonyl (C=O) groups is 2. The van der Waals surface area contributed by atoms with Crippen LogP contribution in [0.4, 0.5) is 0 Å². The first kappa shape index (κ1) is 26.2. The van der Waals surface area contributed by atoms with Gasteiger partial charge in [0.2, 0.25) is 11.8 Å². The molecule has 190 valence electrons. The monoisotopic (exact) mass is 524 g/mol. The first-order chi connectivity index (χ1) is 17.3. The number of amides is 2. The highest BCUT2D eigenvalue weighted by atomic mass is 35.5. The largest absolute Gasteiger partial charge is 0.491 e. The topological polar surface area (TPSA) is 49.9 Å². The van der Waals surface area contributed by atoms with Gasteiger partial charge in [0, 0.05) is 23.0 Å². The van der Waals surface area contributed by atoms with Crippen molar-refractivity contribution in [2.45, 2.75) is 39.7 Å². The molecule has 0 saturated carbocycles. The molecule has 0 fully saturated rings. The number of halogens is 1. The van der Waals surface area contributed by atoms with Crippen LogP contribution >= 0.6 is 22.9 Å². The van der Waals surface area contributed by atoms with Crippen molar-refractivity contribution in [3.8, 4) is 5.75 Å². The van der Waals surface area contributed by atoms with Crippen LogP contribution in [0, 0.1) is 12.8 Å². The molecule has 1 aliphatic rings. The molecule has 4 rings (SSSR count). The molecule has 2 amide bonds. The van der Waals surface area contributed by atoms with E-state index in [1.165, 1.54) is 4.88 Å². The van der Waals surface area contributed by atoms with Crippen molar-refractivity contribution in [2.24, 2.45) is 5.92 Å². The number of aryl methyl sites for hydroxylation is 1. The maximum Gasteiger partial charge on any atom is 0.242 e. The van der Waals surface area contributed by atoms with Crippen LogP contribution in [0.3, 0.4) is 0 Å². The molecule has 0 radical (unpaired) electrons. The van der Waals surface area contributed by atoms with E-state index in [1.807, 2.05) is 60.4 Å². The predicted molar refractivity (Wildman–Crippen MR) is 146 cm³/mol. The van der Waals surface area contributed by atoms with Gasteiger partial charge in [-0.1, -0.05) is 55.8 Å². The van der Waals surface area contributed by atoms with Crippen LogP contribution in [0.15, 0.2) is 60.0 Å². The minimum Gasteiger partial charge on any atom is -0.491 e. The Morgan fingerprint density at radius 1 is 1.17 bits per heavy atom. The molecule has 0 aliphatic carbocycles. The van der Waals surface area contributed by atoms with Gasteiger partial charge in [-0.25, -0.2) is 0 Å². The fraction of sp³-hybridized carbons (Fsp3) is 0.379. The lowest BCUT2D eigenvalue weighted by Crippen LogP contribution is -2.48. The molecule has 7 heteroatoms. The summed E-state index contributed by atoms with van der Waals surface area (Å²) in [6.45, 7) is 7.65. The average Bonchev–Trinajstić information content (AvgIpc) is 3.33. The summed E-state index contributed by atoms with van der Waals surface area (Å²) in [5.74, 6) is 0.913. The van der Waals surface area contributed by atoms with Gasteiger partial charge in [-0.05, 0) is 65.6 Å². The summed E-state index contributed by atoms with van der Waals surface area (Å²) in [6.07, 6.45) is 1.11. The number of ether oxygens (including phenoxy) is 1. The molecule has 1 aromatic heterocycles. The minimum atomic E-state index is -0.200. The molecule has 0 N–H and O–H groups in total. The highest BCUT2D eigenvalue weighted by Gasteiger charge is 2.33. The molecule has 0 bridgehead atoms. The Hall–Kier alpha value is -2.83. The third-order valence-corrected chi connectivity index (χ3v) is 7.84. The molecule has 5 nitrogen and oxygen atoms in total. The summed E-state index contributed by atoms with van der Waals surface area (Å²) >= 11 is 7.89. The minimum absolute atomic E-state index is 0.0269. The van der Waals surface area contributed by atoms with E-state index in [0.717, 1.165) is 28.9 Å². The summed E-state index contributed by atoms with van der Waals surface area (Å²) in [5.41, 5.74) is 3.04. The lowest BCUT2D eigenvalue weighted by atomic mass is 10.00. The second-order valence-corrected chi connectivity index (χ2v) is 11.1. The number of carbonyl (C=O) groups excluding carboxylic acids is 2. The summed E-state index contributed by atoms with van der Waals surface area (Å²) in [6, 6.07) is 17.2. The maximum absolute atomic E-state index is 13.7. The number of hydrogen-bond donors (Lipinski definition) is 0. The Bertz CT molecular complexity index is 1190. The third kappa shape index (κ3) is 6.48. The van der Waals surface area contributed by atoms with Crippen molar-refractivity contribution in [1.82, 2.24) is 9.80 Å². The quantitative estimate of drug-likeness (QED) is 0.348. The second kappa shape index (κ2) is 11.9. The number of nitrogens with zero attached hydrogens (tertiary/aromatic N) is 2. The summed E-state index contributed by atoms with van der Waals surface area (Å²) in [5, 5.41) is 2.77. The first-order valence-electron chi connectivity index (χ1n) is 12.4. The van der Waals surface area contributed by atoms with Crippen molar-refractivity contribution < 1.29 is 14.3 Å². The highest BCUT2D eigenvalue weighted by Crippen LogP contribution is 2.34. The Morgan fingerprint density at radius 2 is 1.94 bits per heavy atom. The number of thiophene rings is 1. The van der Waals surface area contributed by atoms with E-state index in [0.29, 0.717) is 24.7 Å². The molecule has 36 heavy (non-hydrogen) atoms. The van der Waals surface area contributed by atoms with Gasteiger partial charge in [-0.3, -0.25) is 9.59 Å². The van der Waals surface area contributed by atoms with Crippen LogP contribution in [0.2, 0.25) is 5.02 Å². The van der Waals surface area contributed by atoms with Gasteiger partial charge in [0.25, 0.3) is 0 Å². The van der Waals surface area contributed by atoms with Crippen LogP contribution < -0.4 is 4.74 Å². The van der Waals surface area contributed by atoms with Gasteiger partial charge >= 0.3 is 0 Å². The van der Waals surface area contributed by atoms with Gasteiger partial charge in [0.1, 0.15) is 12.4 Å². The molecule has 1 atom stereocenters. The van der Waals surface area contributed by atoms with E-state index in [9.17, 15) is 9.59 Å². The zero-order valence-corrected chi connectivity index (χ0v) is 22.6. The number of benzene rings is 2. The smallest absolute Gasteiger partial charge is 0.242 e. The Labute approximate surface area is 222 Å². The normalized spacial score (nSPS) is 15.0. The SMILES string of the molecule is Cc1cc(OC[C@H]2c3ccsc3CCN2C(=O)CN(CC(C)C)C(=O)Cc2ccccc2)ccc1Cl. The molecule has 1 aliphatic heterocycles. The maximum atomic E-state index is 13.7. The van der Waals surface area contributed by atoms with E-state index in [4.69, 9.17) is 16.3 Å². The highest BCUT2D eigenvalue weighted by molar-refractivity contribution is 7.10. The van der Waals surface area contributed by atoms with Crippen molar-refractivity contribution in [1.29, 1.82) is 0 Å². The molecular weight excluding hydrogens is 492 g/mol. The van der Waals surface area contributed by atoms with Gasteiger partial charge < -0.3 is 14.5 Å². The van der Waals surface area contributed by atoms with Crippen LogP contribution in [-0.2, 0) is 22.4 Å². The van der Waals surface area contributed by atoms with Crippen LogP contribution in [0.25, 0.3) is 0 Å². The summed E-state index contributed by atoms with van der Waals surface area (Å²) < 4.78 is 6.16. The lowest BCUT2D eigenvalue weighted by Gasteiger charge is -2.37. The van der Waals surface area contributed by atoms with E-state index in [2.05, 4.69) is 25.3 Å². The van der Waals surface area contributed by atoms with Crippen molar-refractivity contribution >= 4 is 34.8 Å². The van der Waals surface area contributed by atoms with Crippen molar-refractivity contribution in [3.63, 3.8) is 0 Å². The second-order valence-electron chi connectivity index (χ2n) is 9.70. The van der Waals surface area contributed by atoms with Crippen molar-refractivity contribution in [3.05, 3.63) is 86.6 Å². The molecule has 0 unspecified atom stereocenters. The zero-order valence-electron chi connectivity index (χ0n) is 21.1. The van der Waals surface area contributed by atoms with E-state index in [1.54, 1.807) is 16.2 Å². The fourth-order valence-corrected chi connectivity index (χ4v) is 5.63. The average molecular weight is 525 g/mol. The Balaban J connectivity index is 1.50. The van der Waals surface area contributed by atoms with Gasteiger partial charge in [-0.2, -0.15) is 0 Å². The molecule has 0 saturated heterocycles. The molecule has 2 heterocycles. The zero-order chi connectivity index (χ0) is 25.7. The summed E-state index contributed by atoms with van der Waals surface area (Å²) in [7, 11) is 0. The fourth-order valence-electron chi connectivity index (χ4n) is 4.59. The molecule has 3 aromatic rings. The van der Waals surface area contributed by atoms with Gasteiger partial charge in [-0.15, -0.1) is 11.3 Å². The summed E-state index contributed by atoms with van der Waals surface area (Å²) in [4.78, 5) is 31.8. The molecule has 0 spiro atoms. The third-order valence-electron chi connectivity index (χ3n) is 6.42. The van der Waals surface area contributed by atoms with Crippen molar-refractivity contribution in [2.75, 3.05) is 26.2 Å². The van der Waals surface area contributed by atoms with E-state index >= 15 is 0 Å². The van der Waals surface area contributed by atoms with Gasteiger partial charge in [0.05, 0.1) is 19.0 Å². The Kier molecular flexibility index (Phi) is 8.70. The predicted octanol–water partition coefficient (Wildman–Crippen LogP) is 5.94. The van der Waals surface area contributed by atoms with Crippen LogP contribution in [-0.4, -0.2) is 47.9 Å². The van der Waals surface area contributed by atoms with Crippen LogP contribution in [0.5, 0.6) is 5.75 Å². The number of fused-ring (bicyclic) bond motifs is 1. The molecule has 2 aromatic carbocycles. The van der Waals surface area contributed by atoms with Crippen LogP contribution in [0.1, 0.15) is 41.5 Å². The number of rotatable bonds is 9. The standard InChI is InChI=1S/C29H33ClN2O3S/c1-20(2)17-31(28(33)16-22-7-5-4-6-8-22)18-29(34)32-13-11-27-24(12-14-36-27)26(32)19-35-23-9-10-25(30)21(3)15-23/h4-10,12,14-15,20,26H,11,13,16-19H2,1-3H3/t26-/m0/s1. The van der Waals surface area contributed by atoms with Gasteiger partial charge in [0.15, 0.2) is 0 Å². The van der Waals surface area contributed by atoms with E-state index < -0.39 is 0 Å². The number of hydrogen-bond acceptors (Lipinski definition) is 4.